The monoisotopic (exact) mass is 386 g/mol. The van der Waals surface area contributed by atoms with Crippen LogP contribution in [0.5, 0.6) is 5.75 Å². The van der Waals surface area contributed by atoms with E-state index in [9.17, 15) is 14.7 Å². The normalized spacial score (nSPS) is 19.0. The zero-order valence-corrected chi connectivity index (χ0v) is 15.7. The zero-order valence-electron chi connectivity index (χ0n) is 15.7. The second kappa shape index (κ2) is 9.89. The molecule has 150 valence electrons. The third kappa shape index (κ3) is 5.56. The molecule has 0 aliphatic heterocycles. The quantitative estimate of drug-likeness (QED) is 0.627. The predicted octanol–water partition coefficient (Wildman–Crippen LogP) is 1.57. The molecule has 1 aliphatic carbocycles. The standard InChI is InChI=1S/C20H26N4O4/c25-14-15-5-1-2-8-18(15)23-20(27)19(26)22-16-6-3-7-17(13-16)28-12-11-24-10-4-9-21-24/h3-4,6-7,9-10,13,15,18,25H,1-2,5,8,11-12,14H2,(H,22,26)(H,23,27)/t15-,18+/m0/s1. The van der Waals surface area contributed by atoms with Crippen LogP contribution in [0.3, 0.4) is 0 Å². The highest BCUT2D eigenvalue weighted by atomic mass is 16.5. The number of aliphatic hydroxyl groups excluding tert-OH is 1. The maximum Gasteiger partial charge on any atom is 0.313 e. The molecule has 3 N–H and O–H groups in total. The van der Waals surface area contributed by atoms with Crippen LogP contribution in [0.4, 0.5) is 5.69 Å². The van der Waals surface area contributed by atoms with Crippen LogP contribution in [0, 0.1) is 5.92 Å². The van der Waals surface area contributed by atoms with Gasteiger partial charge in [-0.05, 0) is 31.0 Å². The van der Waals surface area contributed by atoms with E-state index >= 15 is 0 Å². The Morgan fingerprint density at radius 1 is 1.21 bits per heavy atom. The summed E-state index contributed by atoms with van der Waals surface area (Å²) in [5.41, 5.74) is 0.485. The molecule has 0 radical (unpaired) electrons. The van der Waals surface area contributed by atoms with Gasteiger partial charge in [-0.1, -0.05) is 18.9 Å². The second-order valence-corrected chi connectivity index (χ2v) is 6.91. The minimum absolute atomic E-state index is 0.0111. The van der Waals surface area contributed by atoms with Crippen LogP contribution in [-0.2, 0) is 16.1 Å². The Balaban J connectivity index is 1.49. The van der Waals surface area contributed by atoms with E-state index in [0.29, 0.717) is 24.6 Å². The van der Waals surface area contributed by atoms with Gasteiger partial charge < -0.3 is 20.5 Å². The van der Waals surface area contributed by atoms with Crippen molar-refractivity contribution in [3.63, 3.8) is 0 Å². The Morgan fingerprint density at radius 3 is 2.86 bits per heavy atom. The maximum absolute atomic E-state index is 12.2. The minimum atomic E-state index is -0.726. The van der Waals surface area contributed by atoms with Gasteiger partial charge in [-0.25, -0.2) is 0 Å². The number of carbonyl (C=O) groups excluding carboxylic acids is 2. The number of benzene rings is 1. The fraction of sp³-hybridized carbons (Fsp3) is 0.450. The van der Waals surface area contributed by atoms with E-state index in [0.717, 1.165) is 25.7 Å². The van der Waals surface area contributed by atoms with Crippen molar-refractivity contribution < 1.29 is 19.4 Å². The summed E-state index contributed by atoms with van der Waals surface area (Å²) in [6.45, 7) is 1.06. The van der Waals surface area contributed by atoms with Crippen molar-refractivity contribution in [1.29, 1.82) is 0 Å². The topological polar surface area (TPSA) is 105 Å². The first-order valence-electron chi connectivity index (χ1n) is 9.58. The van der Waals surface area contributed by atoms with Crippen LogP contribution >= 0.6 is 0 Å². The molecule has 28 heavy (non-hydrogen) atoms. The molecule has 2 aromatic rings. The van der Waals surface area contributed by atoms with Gasteiger partial charge in [-0.2, -0.15) is 5.10 Å². The van der Waals surface area contributed by atoms with Crippen molar-refractivity contribution >= 4 is 17.5 Å². The SMILES string of the molecule is O=C(Nc1cccc(OCCn2cccn2)c1)C(=O)N[C@@H]1CCCC[C@H]1CO. The van der Waals surface area contributed by atoms with E-state index in [1.165, 1.54) is 0 Å². The molecule has 1 aromatic carbocycles. The van der Waals surface area contributed by atoms with Crippen LogP contribution in [0.15, 0.2) is 42.7 Å². The number of nitrogens with one attached hydrogen (secondary N) is 2. The number of hydrogen-bond acceptors (Lipinski definition) is 5. The van der Waals surface area contributed by atoms with E-state index < -0.39 is 11.8 Å². The van der Waals surface area contributed by atoms with Gasteiger partial charge in [0, 0.05) is 42.7 Å². The average molecular weight is 386 g/mol. The minimum Gasteiger partial charge on any atom is -0.492 e. The Labute approximate surface area is 163 Å². The second-order valence-electron chi connectivity index (χ2n) is 6.91. The molecular weight excluding hydrogens is 360 g/mol. The zero-order chi connectivity index (χ0) is 19.8. The van der Waals surface area contributed by atoms with Gasteiger partial charge in [0.1, 0.15) is 12.4 Å². The van der Waals surface area contributed by atoms with Gasteiger partial charge in [-0.3, -0.25) is 14.3 Å². The number of nitrogens with zero attached hydrogens (tertiary/aromatic N) is 2. The summed E-state index contributed by atoms with van der Waals surface area (Å²) >= 11 is 0. The molecule has 8 nitrogen and oxygen atoms in total. The van der Waals surface area contributed by atoms with E-state index in [-0.39, 0.29) is 18.6 Å². The predicted molar refractivity (Wildman–Crippen MR) is 104 cm³/mol. The van der Waals surface area contributed by atoms with Gasteiger partial charge in [0.2, 0.25) is 0 Å². The third-order valence-corrected chi connectivity index (χ3v) is 4.91. The molecule has 1 fully saturated rings. The first-order valence-corrected chi connectivity index (χ1v) is 9.58. The number of hydrogen-bond donors (Lipinski definition) is 3. The number of amides is 2. The van der Waals surface area contributed by atoms with Crippen LogP contribution < -0.4 is 15.4 Å². The van der Waals surface area contributed by atoms with Gasteiger partial charge in [-0.15, -0.1) is 0 Å². The van der Waals surface area contributed by atoms with Crippen LogP contribution in [0.2, 0.25) is 0 Å². The lowest BCUT2D eigenvalue weighted by Crippen LogP contribution is -2.47. The van der Waals surface area contributed by atoms with Gasteiger partial charge >= 0.3 is 11.8 Å². The van der Waals surface area contributed by atoms with E-state index in [4.69, 9.17) is 4.74 Å². The molecule has 1 heterocycles. The maximum atomic E-state index is 12.2. The highest BCUT2D eigenvalue weighted by Gasteiger charge is 2.27. The molecule has 1 saturated carbocycles. The summed E-state index contributed by atoms with van der Waals surface area (Å²) in [5, 5.41) is 18.9. The fourth-order valence-electron chi connectivity index (χ4n) is 3.39. The van der Waals surface area contributed by atoms with Crippen molar-refractivity contribution in [2.75, 3.05) is 18.5 Å². The summed E-state index contributed by atoms with van der Waals surface area (Å²) in [4.78, 5) is 24.4. The molecule has 1 aliphatic rings. The van der Waals surface area contributed by atoms with Gasteiger partial charge in [0.25, 0.3) is 0 Å². The highest BCUT2D eigenvalue weighted by molar-refractivity contribution is 6.39. The third-order valence-electron chi connectivity index (χ3n) is 4.91. The highest BCUT2D eigenvalue weighted by Crippen LogP contribution is 2.24. The van der Waals surface area contributed by atoms with Crippen molar-refractivity contribution in [1.82, 2.24) is 15.1 Å². The van der Waals surface area contributed by atoms with E-state index in [2.05, 4.69) is 15.7 Å². The van der Waals surface area contributed by atoms with Crippen LogP contribution in [0.1, 0.15) is 25.7 Å². The molecular formula is C20H26N4O4. The lowest BCUT2D eigenvalue weighted by atomic mass is 9.85. The van der Waals surface area contributed by atoms with Crippen molar-refractivity contribution in [2.24, 2.45) is 5.92 Å². The number of aliphatic hydroxyl groups is 1. The molecule has 2 atom stereocenters. The summed E-state index contributed by atoms with van der Waals surface area (Å²) < 4.78 is 7.44. The largest absolute Gasteiger partial charge is 0.492 e. The van der Waals surface area contributed by atoms with Crippen LogP contribution in [0.25, 0.3) is 0 Å². The number of carbonyl (C=O) groups is 2. The summed E-state index contributed by atoms with van der Waals surface area (Å²) in [6, 6.07) is 8.59. The van der Waals surface area contributed by atoms with Crippen molar-refractivity contribution in [2.45, 2.75) is 38.3 Å². The molecule has 3 rings (SSSR count). The first-order chi connectivity index (χ1) is 13.7. The van der Waals surface area contributed by atoms with Crippen molar-refractivity contribution in [3.8, 4) is 5.75 Å². The molecule has 1 aromatic heterocycles. The lowest BCUT2D eigenvalue weighted by Gasteiger charge is -2.30. The summed E-state index contributed by atoms with van der Waals surface area (Å²) in [6.07, 6.45) is 7.23. The molecule has 0 spiro atoms. The number of aromatic nitrogens is 2. The lowest BCUT2D eigenvalue weighted by molar-refractivity contribution is -0.137. The van der Waals surface area contributed by atoms with Gasteiger partial charge in [0.05, 0.1) is 6.54 Å². The van der Waals surface area contributed by atoms with Crippen molar-refractivity contribution in [3.05, 3.63) is 42.7 Å². The Kier molecular flexibility index (Phi) is 7.02. The Bertz CT molecular complexity index is 778. The smallest absolute Gasteiger partial charge is 0.313 e. The molecule has 2 amide bonds. The molecule has 0 bridgehead atoms. The van der Waals surface area contributed by atoms with Crippen LogP contribution in [-0.4, -0.2) is 46.0 Å². The molecule has 8 heteroatoms. The van der Waals surface area contributed by atoms with E-state index in [1.807, 2.05) is 12.3 Å². The summed E-state index contributed by atoms with van der Waals surface area (Å²) in [7, 11) is 0. The van der Waals surface area contributed by atoms with E-state index in [1.54, 1.807) is 35.1 Å². The first kappa shape index (κ1) is 19.9. The molecule has 0 unspecified atom stereocenters. The number of rotatable bonds is 7. The Hall–Kier alpha value is -2.87. The summed E-state index contributed by atoms with van der Waals surface area (Å²) in [5.74, 6) is -0.804. The molecule has 0 saturated heterocycles. The fourth-order valence-corrected chi connectivity index (χ4v) is 3.39. The Morgan fingerprint density at radius 2 is 2.07 bits per heavy atom. The average Bonchev–Trinajstić information content (AvgIpc) is 3.22. The van der Waals surface area contributed by atoms with Gasteiger partial charge in [0.15, 0.2) is 0 Å². The number of ether oxygens (including phenoxy) is 1. The number of anilines is 1.